The first kappa shape index (κ1) is 26.5. The van der Waals surface area contributed by atoms with Crippen molar-refractivity contribution in [2.45, 2.75) is 6.92 Å². The highest BCUT2D eigenvalue weighted by atomic mass is 16.3. The maximum atomic E-state index is 9.91. The first-order valence-corrected chi connectivity index (χ1v) is 28.2. The number of benzene rings is 17. The van der Waals surface area contributed by atoms with Gasteiger partial charge in [-0.1, -0.05) is 302 Å². The third-order valence-corrected chi connectivity index (χ3v) is 16.0. The van der Waals surface area contributed by atoms with Crippen molar-refractivity contribution >= 4 is 119 Å². The monoisotopic (exact) mass is 1200 g/mol. The summed E-state index contributed by atoms with van der Waals surface area (Å²) in [7, 11) is 0. The molecule has 17 aromatic carbocycles. The minimum atomic E-state index is -0.868. The molecule has 0 spiro atoms. The van der Waals surface area contributed by atoms with Crippen LogP contribution in [0.1, 0.15) is 59.0 Å². The first-order chi connectivity index (χ1) is 61.3. The molecule has 2 aromatic heterocycles. The van der Waals surface area contributed by atoms with E-state index in [-0.39, 0.29) is 44.4 Å². The molecule has 19 aromatic rings. The van der Waals surface area contributed by atoms with Crippen LogP contribution in [0.4, 0.5) is 0 Å². The molecule has 0 aliphatic heterocycles. The largest absolute Gasteiger partial charge is 0.455 e. The molecule has 2 heterocycles. The van der Waals surface area contributed by atoms with Gasteiger partial charge in [-0.05, 0) is 162 Å². The quantitative estimate of drug-likeness (QED) is 0.155. The summed E-state index contributed by atoms with van der Waals surface area (Å²) < 4.78 is 367. The maximum absolute atomic E-state index is 9.91. The standard InChI is InChI=1S/C47H30O.C42H26O/c1-29-21-24-40-43(27-29)45(32-23-22-30-11-2-3-12-31(30)28-32)37-16-6-7-17-38(37)46(40)39-26-25-35(33-13-4-5-14-34(33)39)41-18-10-19-42-36-15-8-9-20-44(36)48-47(41)42;1-2-11-30-26-31(25-20-27(30)10-1)41-36-15-5-3-13-34(36)40(35-14-4-6-16-37(35)41)29-23-21-28(22-24-29)32-17-9-18-38-33-12-7-8-19-39(33)43-42(32)38/h2-28H,1H3;1-26H/i2D,3D,4D,5D,6D,7D,11D,12D,13D,14D,16D,17D,21D,22D,23D,24D,25D,26D,27D,28D;1D,2D,3D,4D,5D,6D,10D,11D,13D,14D,15D,16D,20D,21D,22D,23D,24D,25D,26D. The van der Waals surface area contributed by atoms with Gasteiger partial charge in [0.1, 0.15) is 22.3 Å². The van der Waals surface area contributed by atoms with Gasteiger partial charge in [-0.3, -0.25) is 0 Å². The van der Waals surface area contributed by atoms with E-state index in [9.17, 15) is 27.4 Å². The van der Waals surface area contributed by atoms with Crippen molar-refractivity contribution < 1.29 is 62.3 Å². The number of furan rings is 2. The molecular formula is C89H56O2. The Bertz CT molecular complexity index is 8420. The van der Waals surface area contributed by atoms with Crippen molar-refractivity contribution in [2.24, 2.45) is 0 Å². The van der Waals surface area contributed by atoms with Crippen LogP contribution < -0.4 is 0 Å². The van der Waals surface area contributed by atoms with Gasteiger partial charge in [0.05, 0.1) is 53.5 Å². The Morgan fingerprint density at radius 2 is 0.615 bits per heavy atom. The average Bonchev–Trinajstić information content (AvgIpc) is 0.797. The molecule has 0 N–H and O–H groups in total. The molecule has 424 valence electrons. The summed E-state index contributed by atoms with van der Waals surface area (Å²) in [6.45, 7) is 1.32. The second kappa shape index (κ2) is 21.2. The van der Waals surface area contributed by atoms with Crippen molar-refractivity contribution in [2.75, 3.05) is 0 Å². The van der Waals surface area contributed by atoms with Gasteiger partial charge in [-0.2, -0.15) is 0 Å². The third-order valence-electron chi connectivity index (χ3n) is 16.0. The van der Waals surface area contributed by atoms with Gasteiger partial charge in [0.2, 0.25) is 0 Å². The van der Waals surface area contributed by atoms with Crippen LogP contribution in [0, 0.1) is 6.92 Å². The predicted octanol–water partition coefficient (Wildman–Crippen LogP) is 25.6. The summed E-state index contributed by atoms with van der Waals surface area (Å²) in [4.78, 5) is 0. The van der Waals surface area contributed by atoms with Crippen LogP contribution in [0.25, 0.3) is 186 Å². The van der Waals surface area contributed by atoms with E-state index in [4.69, 9.17) is 34.9 Å². The number of hydrogen-bond acceptors (Lipinski definition) is 2. The van der Waals surface area contributed by atoms with E-state index in [2.05, 4.69) is 0 Å². The maximum Gasteiger partial charge on any atom is 0.143 e. The van der Waals surface area contributed by atoms with Crippen molar-refractivity contribution in [1.29, 1.82) is 0 Å². The van der Waals surface area contributed by atoms with Crippen LogP contribution in [0.15, 0.2) is 329 Å². The lowest BCUT2D eigenvalue weighted by Crippen LogP contribution is -1.93. The van der Waals surface area contributed by atoms with Crippen molar-refractivity contribution in [1.82, 2.24) is 0 Å². The SMILES string of the molecule is [2H]c1c([2H])c(-c2c3c([2H])c([2H])c([2H])c([2H])c3c(-c3c([2H])c([2H])c4c([2H])c([2H])c([2H])c([2H])c4c3[2H])c3c([2H])c([2H])c([2H])c([2H])c23)c([2H])c([2H])c1-c1cccc2c1oc1ccccc12.[2H]c1c([2H])c([2H])c2c([2H])c(-c3c4c([2H])c([2H])c([2H])c([2H])c4c(-c4c([2H])c([2H])c(-c5cccc6c5oc5ccccc56)c5c([2H])c([2H])c([2H])c([2H])c45)c4c([2H])c([2H])c(C)c([2H])c34)c([2H])c([2H])c2c1[2H]. The molecule has 2 heteroatoms. The molecule has 0 saturated carbocycles. The molecule has 2 nitrogen and oxygen atoms in total. The van der Waals surface area contributed by atoms with Crippen LogP contribution in [0.3, 0.4) is 0 Å². The minimum absolute atomic E-state index is 0.150. The number of rotatable bonds is 6. The van der Waals surface area contributed by atoms with Crippen molar-refractivity contribution in [3.63, 3.8) is 0 Å². The summed E-state index contributed by atoms with van der Waals surface area (Å²) in [5, 5.41) is -4.39. The molecule has 0 fully saturated rings. The smallest absolute Gasteiger partial charge is 0.143 e. The lowest BCUT2D eigenvalue weighted by Gasteiger charge is -2.20. The van der Waals surface area contributed by atoms with Crippen LogP contribution in [-0.2, 0) is 0 Å². The van der Waals surface area contributed by atoms with Gasteiger partial charge < -0.3 is 8.83 Å². The van der Waals surface area contributed by atoms with Gasteiger partial charge in [0.25, 0.3) is 0 Å². The topological polar surface area (TPSA) is 26.3 Å². The van der Waals surface area contributed by atoms with Crippen molar-refractivity contribution in [3.05, 3.63) is 326 Å². The molecule has 19 rings (SSSR count). The van der Waals surface area contributed by atoms with Gasteiger partial charge in [0.15, 0.2) is 0 Å². The second-order valence-electron chi connectivity index (χ2n) is 21.1. The third kappa shape index (κ3) is 8.56. The molecule has 0 unspecified atom stereocenters. The predicted molar refractivity (Wildman–Crippen MR) is 387 cm³/mol. The Balaban J connectivity index is 0.000000176. The van der Waals surface area contributed by atoms with E-state index in [1.54, 1.807) is 72.8 Å². The minimum Gasteiger partial charge on any atom is -0.455 e. The lowest BCUT2D eigenvalue weighted by molar-refractivity contribution is 0.669. The van der Waals surface area contributed by atoms with Crippen LogP contribution in [0.5, 0.6) is 0 Å². The molecule has 91 heavy (non-hydrogen) atoms. The van der Waals surface area contributed by atoms with E-state index in [0.29, 0.717) is 27.3 Å². The van der Waals surface area contributed by atoms with Crippen LogP contribution >= 0.6 is 0 Å². The Kier molecular flexibility index (Phi) is 6.17. The zero-order chi connectivity index (χ0) is 94.0. The molecule has 0 aliphatic rings. The molecule has 0 amide bonds. The first-order valence-electron chi connectivity index (χ1n) is 47.7. The Labute approximate surface area is 580 Å². The fourth-order valence-electron chi connectivity index (χ4n) is 12.0. The summed E-state index contributed by atoms with van der Waals surface area (Å²) >= 11 is 0. The zero-order valence-electron chi connectivity index (χ0n) is 85.9. The molecule has 0 radical (unpaired) electrons. The van der Waals surface area contributed by atoms with E-state index < -0.39 is 350 Å². The Morgan fingerprint density at radius 1 is 0.231 bits per heavy atom. The fraction of sp³-hybridized carbons (Fsp3) is 0.0112. The highest BCUT2D eigenvalue weighted by Gasteiger charge is 2.23. The van der Waals surface area contributed by atoms with Gasteiger partial charge in [-0.25, -0.2) is 0 Å². The number of fused-ring (bicyclic) bond motifs is 13. The Morgan fingerprint density at radius 3 is 1.16 bits per heavy atom. The van der Waals surface area contributed by atoms with Crippen molar-refractivity contribution in [3.8, 4) is 66.8 Å². The van der Waals surface area contributed by atoms with E-state index in [1.165, 1.54) is 6.92 Å². The molecule has 0 aliphatic carbocycles. The molecule has 0 atom stereocenters. The summed E-state index contributed by atoms with van der Waals surface area (Å²) in [6, 6.07) is -5.82. The summed E-state index contributed by atoms with van der Waals surface area (Å²) in [6.07, 6.45) is 0. The fourth-order valence-corrected chi connectivity index (χ4v) is 12.0. The van der Waals surface area contributed by atoms with E-state index in [1.807, 2.05) is 12.1 Å². The Hall–Kier alpha value is -11.8. The van der Waals surface area contributed by atoms with Crippen LogP contribution in [0.2, 0.25) is 0 Å². The van der Waals surface area contributed by atoms with E-state index in [0.717, 1.165) is 5.39 Å². The lowest BCUT2D eigenvalue weighted by atomic mass is 9.83. The highest BCUT2D eigenvalue weighted by Crippen LogP contribution is 2.49. The van der Waals surface area contributed by atoms with Gasteiger partial charge in [0, 0.05) is 32.7 Å². The zero-order valence-corrected chi connectivity index (χ0v) is 46.9. The molecule has 0 saturated heterocycles. The average molecular weight is 1200 g/mol. The number of para-hydroxylation sites is 4. The normalized spacial score (nSPS) is 17.8. The van der Waals surface area contributed by atoms with Crippen LogP contribution in [-0.4, -0.2) is 0 Å². The van der Waals surface area contributed by atoms with E-state index >= 15 is 0 Å². The highest BCUT2D eigenvalue weighted by molar-refractivity contribution is 6.26. The second-order valence-corrected chi connectivity index (χ2v) is 21.1. The molecule has 0 bridgehead atoms. The number of hydrogen-bond donors (Lipinski definition) is 0. The summed E-state index contributed by atoms with van der Waals surface area (Å²) in [5.41, 5.74) is -3.15. The molecular weight excluding hydrogens is 1100 g/mol. The summed E-state index contributed by atoms with van der Waals surface area (Å²) in [5.74, 6) is 0. The van der Waals surface area contributed by atoms with Gasteiger partial charge in [-0.15, -0.1) is 0 Å². The van der Waals surface area contributed by atoms with Gasteiger partial charge >= 0.3 is 0 Å².